The highest BCUT2D eigenvalue weighted by Gasteiger charge is 2.30. The maximum Gasteiger partial charge on any atom is 0.140 e. The predicted molar refractivity (Wildman–Crippen MR) is 108 cm³/mol. The minimum absolute atomic E-state index is 0.861. The summed E-state index contributed by atoms with van der Waals surface area (Å²) >= 11 is 0. The van der Waals surface area contributed by atoms with Gasteiger partial charge in [-0.2, -0.15) is 0 Å². The van der Waals surface area contributed by atoms with Crippen LogP contribution in [0.5, 0.6) is 0 Å². The third-order valence-corrected chi connectivity index (χ3v) is 8.45. The molecule has 0 amide bonds. The Morgan fingerprint density at radius 1 is 0.840 bits per heavy atom. The SMILES string of the molecule is C[Si](C)(c1ccccc1)c1cc2cccnc2n1Cc1ccccc1. The van der Waals surface area contributed by atoms with Gasteiger partial charge in [-0.1, -0.05) is 78.9 Å². The topological polar surface area (TPSA) is 17.8 Å². The Morgan fingerprint density at radius 2 is 1.52 bits per heavy atom. The molecule has 0 aliphatic carbocycles. The van der Waals surface area contributed by atoms with Crippen molar-refractivity contribution in [2.75, 3.05) is 0 Å². The number of hydrogen-bond acceptors (Lipinski definition) is 1. The molecular weight excluding hydrogens is 320 g/mol. The van der Waals surface area contributed by atoms with Crippen molar-refractivity contribution in [1.29, 1.82) is 0 Å². The Balaban J connectivity index is 1.90. The second kappa shape index (κ2) is 6.34. The van der Waals surface area contributed by atoms with E-state index in [1.807, 2.05) is 12.3 Å². The fourth-order valence-electron chi connectivity index (χ4n) is 3.53. The minimum atomic E-state index is -1.81. The summed E-state index contributed by atoms with van der Waals surface area (Å²) in [5.74, 6) is 0. The molecule has 0 aliphatic rings. The molecule has 3 heteroatoms. The first-order chi connectivity index (χ1) is 12.2. The molecule has 0 fully saturated rings. The lowest BCUT2D eigenvalue weighted by molar-refractivity contribution is 0.844. The molecule has 0 radical (unpaired) electrons. The van der Waals surface area contributed by atoms with Crippen LogP contribution < -0.4 is 10.5 Å². The van der Waals surface area contributed by atoms with Crippen molar-refractivity contribution >= 4 is 29.6 Å². The lowest BCUT2D eigenvalue weighted by atomic mass is 10.2. The van der Waals surface area contributed by atoms with Crippen molar-refractivity contribution in [3.63, 3.8) is 0 Å². The molecule has 0 saturated heterocycles. The van der Waals surface area contributed by atoms with Crippen molar-refractivity contribution in [2.24, 2.45) is 0 Å². The molecule has 4 rings (SSSR count). The van der Waals surface area contributed by atoms with Gasteiger partial charge < -0.3 is 4.57 Å². The molecule has 25 heavy (non-hydrogen) atoms. The average Bonchev–Trinajstić information content (AvgIpc) is 3.03. The molecule has 124 valence electrons. The normalized spacial score (nSPS) is 11.8. The standard InChI is InChI=1S/C22H22N2Si/c1-25(2,20-13-7-4-8-14-20)21-16-19-12-9-15-23-22(19)24(21)17-18-10-5-3-6-11-18/h3-16H,17H2,1-2H3. The van der Waals surface area contributed by atoms with Crippen molar-refractivity contribution in [1.82, 2.24) is 9.55 Å². The first-order valence-electron chi connectivity index (χ1n) is 8.70. The number of fused-ring (bicyclic) bond motifs is 1. The summed E-state index contributed by atoms with van der Waals surface area (Å²) in [5, 5.41) is 4.10. The quantitative estimate of drug-likeness (QED) is 0.514. The van der Waals surface area contributed by atoms with E-state index in [0.717, 1.165) is 12.2 Å². The van der Waals surface area contributed by atoms with Crippen LogP contribution in [0.25, 0.3) is 11.0 Å². The number of nitrogens with zero attached hydrogens (tertiary/aromatic N) is 2. The third-order valence-electron chi connectivity index (χ3n) is 4.97. The predicted octanol–water partition coefficient (Wildman–Crippen LogP) is 3.91. The van der Waals surface area contributed by atoms with Crippen LogP contribution in [-0.4, -0.2) is 17.6 Å². The zero-order chi connectivity index (χ0) is 17.3. The first-order valence-corrected chi connectivity index (χ1v) is 11.7. The molecule has 0 saturated carbocycles. The van der Waals surface area contributed by atoms with Gasteiger partial charge in [-0.3, -0.25) is 0 Å². The number of benzene rings is 2. The molecule has 0 N–H and O–H groups in total. The van der Waals surface area contributed by atoms with E-state index < -0.39 is 8.07 Å². The molecule has 2 aromatic carbocycles. The lowest BCUT2D eigenvalue weighted by Gasteiger charge is -2.25. The summed E-state index contributed by atoms with van der Waals surface area (Å²) in [4.78, 5) is 4.69. The molecule has 0 aliphatic heterocycles. The zero-order valence-corrected chi connectivity index (χ0v) is 15.7. The Morgan fingerprint density at radius 3 is 2.24 bits per heavy atom. The molecule has 2 nitrogen and oxygen atoms in total. The van der Waals surface area contributed by atoms with Gasteiger partial charge in [0.1, 0.15) is 13.7 Å². The van der Waals surface area contributed by atoms with Crippen LogP contribution in [0, 0.1) is 0 Å². The summed E-state index contributed by atoms with van der Waals surface area (Å²) < 4.78 is 2.42. The summed E-state index contributed by atoms with van der Waals surface area (Å²) in [6.45, 7) is 5.72. The van der Waals surface area contributed by atoms with Gasteiger partial charge in [0.05, 0.1) is 0 Å². The van der Waals surface area contributed by atoms with Crippen molar-refractivity contribution in [2.45, 2.75) is 19.6 Å². The van der Waals surface area contributed by atoms with Crippen molar-refractivity contribution < 1.29 is 0 Å². The van der Waals surface area contributed by atoms with Gasteiger partial charge in [0.15, 0.2) is 0 Å². The fraction of sp³-hybridized carbons (Fsp3) is 0.136. The number of aromatic nitrogens is 2. The van der Waals surface area contributed by atoms with E-state index in [1.54, 1.807) is 0 Å². The van der Waals surface area contributed by atoms with Crippen LogP contribution in [-0.2, 0) is 6.54 Å². The van der Waals surface area contributed by atoms with Crippen molar-refractivity contribution in [3.8, 4) is 0 Å². The Bertz CT molecular complexity index is 988. The lowest BCUT2D eigenvalue weighted by Crippen LogP contribution is -2.55. The smallest absolute Gasteiger partial charge is 0.140 e. The van der Waals surface area contributed by atoms with Gasteiger partial charge >= 0.3 is 0 Å². The second-order valence-electron chi connectivity index (χ2n) is 7.01. The van der Waals surface area contributed by atoms with Crippen LogP contribution in [0.4, 0.5) is 0 Å². The maximum absolute atomic E-state index is 4.69. The number of hydrogen-bond donors (Lipinski definition) is 0. The molecule has 2 heterocycles. The Kier molecular flexibility index (Phi) is 4.02. The minimum Gasteiger partial charge on any atom is -0.329 e. The molecule has 0 spiro atoms. The molecule has 2 aromatic heterocycles. The van der Waals surface area contributed by atoms with Crippen LogP contribution in [0.2, 0.25) is 13.1 Å². The van der Waals surface area contributed by atoms with Gasteiger partial charge in [-0.05, 0) is 23.8 Å². The monoisotopic (exact) mass is 342 g/mol. The molecule has 0 bridgehead atoms. The highest BCUT2D eigenvalue weighted by molar-refractivity contribution is 7.00. The Labute approximate surface area is 149 Å². The van der Waals surface area contributed by atoms with E-state index in [4.69, 9.17) is 4.98 Å². The van der Waals surface area contributed by atoms with E-state index in [-0.39, 0.29) is 0 Å². The van der Waals surface area contributed by atoms with E-state index in [2.05, 4.69) is 90.5 Å². The van der Waals surface area contributed by atoms with Gasteiger partial charge in [-0.15, -0.1) is 0 Å². The van der Waals surface area contributed by atoms with Gasteiger partial charge in [0.2, 0.25) is 0 Å². The number of rotatable bonds is 4. The van der Waals surface area contributed by atoms with Gasteiger partial charge in [0.25, 0.3) is 0 Å². The van der Waals surface area contributed by atoms with E-state index in [1.165, 1.54) is 21.5 Å². The highest BCUT2D eigenvalue weighted by Crippen LogP contribution is 2.17. The highest BCUT2D eigenvalue weighted by atomic mass is 28.3. The van der Waals surface area contributed by atoms with Crippen LogP contribution in [0.1, 0.15) is 5.56 Å². The number of pyridine rings is 1. The summed E-state index contributed by atoms with van der Waals surface area (Å²) in [6, 6.07) is 28.1. The first kappa shape index (κ1) is 15.9. The van der Waals surface area contributed by atoms with Crippen LogP contribution >= 0.6 is 0 Å². The molecule has 0 unspecified atom stereocenters. The van der Waals surface area contributed by atoms with E-state index in [0.29, 0.717) is 0 Å². The summed E-state index contributed by atoms with van der Waals surface area (Å²) in [5.41, 5.74) is 2.39. The average molecular weight is 343 g/mol. The van der Waals surface area contributed by atoms with E-state index >= 15 is 0 Å². The third kappa shape index (κ3) is 2.92. The largest absolute Gasteiger partial charge is 0.329 e. The Hall–Kier alpha value is -2.65. The maximum atomic E-state index is 4.69. The molecule has 4 aromatic rings. The molecule has 0 atom stereocenters. The summed E-state index contributed by atoms with van der Waals surface area (Å²) in [6.07, 6.45) is 1.89. The van der Waals surface area contributed by atoms with Crippen molar-refractivity contribution in [3.05, 3.63) is 90.6 Å². The fourth-order valence-corrected chi connectivity index (χ4v) is 6.23. The molecular formula is C22H22N2Si. The zero-order valence-electron chi connectivity index (χ0n) is 14.7. The van der Waals surface area contributed by atoms with Crippen LogP contribution in [0.15, 0.2) is 85.1 Å². The van der Waals surface area contributed by atoms with Crippen LogP contribution in [0.3, 0.4) is 0 Å². The van der Waals surface area contributed by atoms with E-state index in [9.17, 15) is 0 Å². The van der Waals surface area contributed by atoms with Gasteiger partial charge in [-0.25, -0.2) is 4.98 Å². The summed E-state index contributed by atoms with van der Waals surface area (Å²) in [7, 11) is -1.81. The van der Waals surface area contributed by atoms with Gasteiger partial charge in [0, 0.05) is 23.4 Å². The second-order valence-corrected chi connectivity index (χ2v) is 11.3.